The maximum atomic E-state index is 12.2. The van der Waals surface area contributed by atoms with Crippen LogP contribution in [0.3, 0.4) is 0 Å². The van der Waals surface area contributed by atoms with Gasteiger partial charge in [-0.1, -0.05) is 41.5 Å². The normalized spacial score (nSPS) is 15.8. The van der Waals surface area contributed by atoms with Crippen LogP contribution in [0.2, 0.25) is 0 Å². The summed E-state index contributed by atoms with van der Waals surface area (Å²) in [6.07, 6.45) is 9.26. The summed E-state index contributed by atoms with van der Waals surface area (Å²) in [6.45, 7) is 28.7. The van der Waals surface area contributed by atoms with Crippen molar-refractivity contribution in [2.75, 3.05) is 0 Å². The zero-order valence-corrected chi connectivity index (χ0v) is 38.7. The van der Waals surface area contributed by atoms with Crippen LogP contribution in [0.5, 0.6) is 0 Å². The predicted molar refractivity (Wildman–Crippen MR) is 225 cm³/mol. The standard InChI is InChI=1S/C33H34NSe.C15H28O2.Ir/c1-31(2,3)25-17-21(16-20-10-8-9-11-22(20)25)29-30-23(12-15-34-29)24-18-26-27(19-28(24)35-30)33(6,7)14-13-32(26,4)5;1-7-14(5,8-2)12(16)11-13(17)15(6,9-3)10-4;/h8-12,15,17-19H,13-14H2,1-7H3;11,16H,7-10H2,1-6H3;/q-1;;/b;12-11-;. The van der Waals surface area contributed by atoms with Crippen molar-refractivity contribution in [3.63, 3.8) is 0 Å². The molecular formula is C48H62IrNO2Se-. The van der Waals surface area contributed by atoms with Gasteiger partial charge in [-0.2, -0.15) is 0 Å². The molecule has 0 atom stereocenters. The molecule has 5 aromatic rings. The van der Waals surface area contributed by atoms with Gasteiger partial charge in [0.15, 0.2) is 5.78 Å². The molecule has 0 fully saturated rings. The number of carbonyl (C=O) groups is 1. The number of nitrogens with zero attached hydrogens (tertiary/aromatic N) is 1. The third-order valence-corrected chi connectivity index (χ3v) is 15.3. The van der Waals surface area contributed by atoms with Gasteiger partial charge in [0.25, 0.3) is 0 Å². The Labute approximate surface area is 339 Å². The van der Waals surface area contributed by atoms with Crippen molar-refractivity contribution in [1.29, 1.82) is 0 Å². The SMILES string of the molecule is CC(C)(C)c1cc(-c2nccc3c2[se]c2cc4c(cc23)C(C)(C)CCC4(C)C)[c-]c2ccccc12.CCC(C)(CC)C(=O)/C=C(\O)C(C)(CC)CC.[Ir]. The summed E-state index contributed by atoms with van der Waals surface area (Å²) in [6, 6.07) is 22.1. The number of aliphatic hydroxyl groups is 1. The first-order valence-corrected chi connectivity index (χ1v) is 21.2. The molecule has 1 radical (unpaired) electrons. The fourth-order valence-corrected chi connectivity index (χ4v) is 10.2. The van der Waals surface area contributed by atoms with Crippen molar-refractivity contribution in [1.82, 2.24) is 4.98 Å². The average Bonchev–Trinajstić information content (AvgIpc) is 3.49. The first-order valence-electron chi connectivity index (χ1n) is 19.5. The van der Waals surface area contributed by atoms with E-state index >= 15 is 0 Å². The molecule has 0 aliphatic heterocycles. The number of rotatable bonds is 8. The van der Waals surface area contributed by atoms with Crippen LogP contribution >= 0.6 is 0 Å². The monoisotopic (exact) mass is 957 g/mol. The van der Waals surface area contributed by atoms with Gasteiger partial charge in [0.1, 0.15) is 5.76 Å². The summed E-state index contributed by atoms with van der Waals surface area (Å²) in [4.78, 5) is 17.2. The van der Waals surface area contributed by atoms with E-state index in [1.807, 2.05) is 47.7 Å². The van der Waals surface area contributed by atoms with Gasteiger partial charge in [-0.15, -0.1) is 0 Å². The van der Waals surface area contributed by atoms with Crippen LogP contribution in [0.25, 0.3) is 41.3 Å². The summed E-state index contributed by atoms with van der Waals surface area (Å²) in [7, 11) is 0. The number of benzene rings is 3. The second-order valence-corrected chi connectivity index (χ2v) is 20.3. The molecule has 3 nitrogen and oxygen atoms in total. The number of aromatic nitrogens is 1. The molecule has 1 N–H and O–H groups in total. The zero-order valence-electron chi connectivity index (χ0n) is 34.6. The van der Waals surface area contributed by atoms with Crippen LogP contribution in [-0.2, 0) is 41.1 Å². The quantitative estimate of drug-likeness (QED) is 0.0730. The largest absolute Gasteiger partial charge is 0.512 e. The van der Waals surface area contributed by atoms with Gasteiger partial charge in [0.05, 0.1) is 0 Å². The van der Waals surface area contributed by atoms with Crippen molar-refractivity contribution in [2.24, 2.45) is 10.8 Å². The van der Waals surface area contributed by atoms with Crippen LogP contribution in [0, 0.1) is 16.9 Å². The molecule has 1 aliphatic carbocycles. The fourth-order valence-electron chi connectivity index (χ4n) is 7.62. The van der Waals surface area contributed by atoms with E-state index < -0.39 is 0 Å². The molecule has 2 aromatic heterocycles. The summed E-state index contributed by atoms with van der Waals surface area (Å²) in [5.74, 6) is 0.286. The van der Waals surface area contributed by atoms with Gasteiger partial charge in [-0.05, 0) is 25.7 Å². The minimum Gasteiger partial charge on any atom is -0.512 e. The number of aliphatic hydroxyl groups excluding tert-OH is 1. The van der Waals surface area contributed by atoms with E-state index in [1.54, 1.807) is 11.1 Å². The fraction of sp³-hybridized carbons (Fsp3) is 0.500. The molecule has 0 spiro atoms. The topological polar surface area (TPSA) is 50.2 Å². The Kier molecular flexibility index (Phi) is 13.0. The van der Waals surface area contributed by atoms with Gasteiger partial charge >= 0.3 is 216 Å². The van der Waals surface area contributed by atoms with E-state index in [4.69, 9.17) is 4.98 Å². The van der Waals surface area contributed by atoms with E-state index in [9.17, 15) is 9.90 Å². The molecule has 3 aromatic carbocycles. The predicted octanol–water partition coefficient (Wildman–Crippen LogP) is 13.4. The van der Waals surface area contributed by atoms with Crippen molar-refractivity contribution < 1.29 is 30.0 Å². The number of ketones is 1. The van der Waals surface area contributed by atoms with E-state index in [0.717, 1.165) is 36.9 Å². The van der Waals surface area contributed by atoms with Crippen molar-refractivity contribution in [3.05, 3.63) is 89.3 Å². The first kappa shape index (κ1) is 43.2. The first-order chi connectivity index (χ1) is 24.2. The Hall–Kier alpha value is -2.55. The summed E-state index contributed by atoms with van der Waals surface area (Å²) < 4.78 is 2.93. The van der Waals surface area contributed by atoms with Crippen molar-refractivity contribution >= 4 is 50.4 Å². The molecule has 2 heterocycles. The maximum absolute atomic E-state index is 12.2. The molecule has 1 aliphatic rings. The van der Waals surface area contributed by atoms with Crippen molar-refractivity contribution in [2.45, 2.75) is 145 Å². The Morgan fingerprint density at radius 2 is 1.38 bits per heavy atom. The number of fused-ring (bicyclic) bond motifs is 5. The third-order valence-electron chi connectivity index (χ3n) is 12.8. The Morgan fingerprint density at radius 1 is 0.811 bits per heavy atom. The molecule has 0 saturated heterocycles. The molecule has 287 valence electrons. The molecular weight excluding hydrogens is 894 g/mol. The van der Waals surface area contributed by atoms with Crippen LogP contribution in [0.4, 0.5) is 0 Å². The molecule has 0 unspecified atom stereocenters. The van der Waals surface area contributed by atoms with Crippen LogP contribution < -0.4 is 0 Å². The number of pyridine rings is 1. The number of allylic oxidation sites excluding steroid dienone is 2. The summed E-state index contributed by atoms with van der Waals surface area (Å²) >= 11 is 0.238. The molecule has 5 heteroatoms. The average molecular weight is 956 g/mol. The van der Waals surface area contributed by atoms with Crippen molar-refractivity contribution in [3.8, 4) is 11.3 Å². The van der Waals surface area contributed by atoms with Gasteiger partial charge < -0.3 is 5.11 Å². The third kappa shape index (κ3) is 8.35. The number of hydrogen-bond acceptors (Lipinski definition) is 3. The minimum absolute atomic E-state index is 0. The summed E-state index contributed by atoms with van der Waals surface area (Å²) in [5.41, 5.74) is 6.62. The van der Waals surface area contributed by atoms with E-state index in [-0.39, 0.29) is 73.2 Å². The maximum Gasteiger partial charge on any atom is 0.164 e. The van der Waals surface area contributed by atoms with E-state index in [1.165, 1.54) is 54.5 Å². The van der Waals surface area contributed by atoms with Crippen LogP contribution in [0.1, 0.15) is 145 Å². The zero-order chi connectivity index (χ0) is 38.4. The molecule has 0 saturated carbocycles. The minimum atomic E-state index is -0.337. The van der Waals surface area contributed by atoms with Gasteiger partial charge in [-0.3, -0.25) is 4.79 Å². The Balaban J connectivity index is 0.000000299. The van der Waals surface area contributed by atoms with Gasteiger partial charge in [-0.25, -0.2) is 0 Å². The molecule has 53 heavy (non-hydrogen) atoms. The van der Waals surface area contributed by atoms with Gasteiger partial charge in [0, 0.05) is 37.0 Å². The Bertz CT molecular complexity index is 2140. The molecule has 0 amide bonds. The van der Waals surface area contributed by atoms with E-state index in [0.29, 0.717) is 0 Å². The molecule has 6 rings (SSSR count). The number of hydrogen-bond donors (Lipinski definition) is 1. The smallest absolute Gasteiger partial charge is 0.164 e. The Morgan fingerprint density at radius 3 is 1.94 bits per heavy atom. The van der Waals surface area contributed by atoms with E-state index in [2.05, 4.69) is 103 Å². The second kappa shape index (κ2) is 15.9. The van der Waals surface area contributed by atoms with Crippen LogP contribution in [-0.4, -0.2) is 30.4 Å². The second-order valence-electron chi connectivity index (χ2n) is 18.1. The van der Waals surface area contributed by atoms with Gasteiger partial charge in [0.2, 0.25) is 0 Å². The molecule has 0 bridgehead atoms. The van der Waals surface area contributed by atoms with Crippen LogP contribution in [0.15, 0.2) is 66.6 Å². The summed E-state index contributed by atoms with van der Waals surface area (Å²) in [5, 5.41) is 15.4. The number of carbonyl (C=O) groups excluding carboxylic acids is 1.